The minimum absolute atomic E-state index is 0.377. The molecule has 5 N–H and O–H groups in total. The van der Waals surface area contributed by atoms with Crippen molar-refractivity contribution < 1.29 is 39.6 Å². The van der Waals surface area contributed by atoms with Crippen molar-refractivity contribution in [2.45, 2.75) is 30.8 Å². The Morgan fingerprint density at radius 1 is 1.10 bits per heavy atom. The Labute approximate surface area is 113 Å². The van der Waals surface area contributed by atoms with Crippen LogP contribution in [0, 0.1) is 0 Å². The fourth-order valence-corrected chi connectivity index (χ4v) is 1.62. The van der Waals surface area contributed by atoms with Crippen molar-refractivity contribution >= 4 is 23.9 Å². The van der Waals surface area contributed by atoms with Crippen molar-refractivity contribution in [1.29, 1.82) is 0 Å². The van der Waals surface area contributed by atoms with Crippen LogP contribution in [0.15, 0.2) is 12.7 Å². The zero-order valence-corrected chi connectivity index (χ0v) is 10.4. The molecule has 9 nitrogen and oxygen atoms in total. The fourth-order valence-electron chi connectivity index (χ4n) is 1.62. The first kappa shape index (κ1) is 17.6. The van der Waals surface area contributed by atoms with Crippen LogP contribution in [0.3, 0.4) is 0 Å². The van der Waals surface area contributed by atoms with Gasteiger partial charge in [-0.25, -0.2) is 0 Å². The Balaban J connectivity index is 5.42. The molecular formula is C11H15NO8. The molecule has 0 rings (SSSR count). The fraction of sp³-hybridized carbons (Fsp3) is 0.455. The van der Waals surface area contributed by atoms with E-state index in [1.807, 2.05) is 0 Å². The summed E-state index contributed by atoms with van der Waals surface area (Å²) in [4.78, 5) is 43.5. The van der Waals surface area contributed by atoms with Gasteiger partial charge in [-0.3, -0.25) is 24.5 Å². The summed E-state index contributed by atoms with van der Waals surface area (Å²) in [6.45, 7) is 3.29. The second-order valence-electron chi connectivity index (χ2n) is 4.08. The van der Waals surface area contributed by atoms with Gasteiger partial charge in [-0.15, -0.1) is 6.58 Å². The van der Waals surface area contributed by atoms with E-state index < -0.39 is 48.3 Å². The normalized spacial score (nSPS) is 14.8. The molecule has 0 heterocycles. The Hall–Kier alpha value is -2.42. The molecular weight excluding hydrogens is 274 g/mol. The number of carboxylic acids is 4. The highest BCUT2D eigenvalue weighted by molar-refractivity contribution is 5.87. The molecule has 112 valence electrons. The third kappa shape index (κ3) is 5.06. The van der Waals surface area contributed by atoms with Crippen LogP contribution in [0.1, 0.15) is 19.3 Å². The maximum absolute atomic E-state index is 11.3. The molecule has 0 aliphatic heterocycles. The van der Waals surface area contributed by atoms with Crippen molar-refractivity contribution in [3.63, 3.8) is 0 Å². The van der Waals surface area contributed by atoms with Crippen LogP contribution in [-0.4, -0.2) is 55.9 Å². The van der Waals surface area contributed by atoms with Gasteiger partial charge in [0.2, 0.25) is 0 Å². The molecule has 0 saturated heterocycles. The van der Waals surface area contributed by atoms with Crippen molar-refractivity contribution in [1.82, 2.24) is 5.32 Å². The molecule has 0 amide bonds. The van der Waals surface area contributed by atoms with Gasteiger partial charge in [-0.2, -0.15) is 0 Å². The SMILES string of the molecule is C=CCC(CC(=O)O)(NC(CC(=O)O)C(=O)O)C(=O)O. The van der Waals surface area contributed by atoms with Gasteiger partial charge in [0.25, 0.3) is 0 Å². The maximum atomic E-state index is 11.3. The van der Waals surface area contributed by atoms with Crippen LogP contribution < -0.4 is 5.32 Å². The van der Waals surface area contributed by atoms with E-state index >= 15 is 0 Å². The third-order valence-corrected chi connectivity index (χ3v) is 2.48. The zero-order chi connectivity index (χ0) is 15.9. The van der Waals surface area contributed by atoms with Gasteiger partial charge in [0, 0.05) is 0 Å². The lowest BCUT2D eigenvalue weighted by atomic mass is 9.89. The van der Waals surface area contributed by atoms with E-state index in [-0.39, 0.29) is 6.42 Å². The van der Waals surface area contributed by atoms with Gasteiger partial charge in [0.15, 0.2) is 0 Å². The predicted molar refractivity (Wildman–Crippen MR) is 64.2 cm³/mol. The van der Waals surface area contributed by atoms with Crippen LogP contribution in [0.2, 0.25) is 0 Å². The number of hydrogen-bond acceptors (Lipinski definition) is 5. The van der Waals surface area contributed by atoms with Gasteiger partial charge in [0.05, 0.1) is 12.8 Å². The van der Waals surface area contributed by atoms with Crippen molar-refractivity contribution in [2.75, 3.05) is 0 Å². The number of carboxylic acid groups (broad SMARTS) is 4. The molecule has 2 atom stereocenters. The van der Waals surface area contributed by atoms with Gasteiger partial charge in [-0.05, 0) is 6.42 Å². The number of nitrogens with one attached hydrogen (secondary N) is 1. The smallest absolute Gasteiger partial charge is 0.324 e. The van der Waals surface area contributed by atoms with Crippen molar-refractivity contribution in [3.8, 4) is 0 Å². The van der Waals surface area contributed by atoms with E-state index in [1.165, 1.54) is 0 Å². The summed E-state index contributed by atoms with van der Waals surface area (Å²) < 4.78 is 0. The highest BCUT2D eigenvalue weighted by Gasteiger charge is 2.43. The summed E-state index contributed by atoms with van der Waals surface area (Å²) in [5.41, 5.74) is -2.13. The second kappa shape index (κ2) is 7.24. The van der Waals surface area contributed by atoms with E-state index in [0.29, 0.717) is 0 Å². The molecule has 9 heteroatoms. The minimum atomic E-state index is -2.13. The average Bonchev–Trinajstić information content (AvgIpc) is 2.26. The lowest BCUT2D eigenvalue weighted by molar-refractivity contribution is -0.154. The van der Waals surface area contributed by atoms with Crippen molar-refractivity contribution in [2.24, 2.45) is 0 Å². The Bertz CT molecular complexity index is 432. The highest BCUT2D eigenvalue weighted by atomic mass is 16.4. The number of hydrogen-bond donors (Lipinski definition) is 5. The number of aliphatic carboxylic acids is 4. The number of carbonyl (C=O) groups is 4. The summed E-state index contributed by atoms with van der Waals surface area (Å²) in [7, 11) is 0. The van der Waals surface area contributed by atoms with E-state index in [1.54, 1.807) is 0 Å². The first-order chi connectivity index (χ1) is 9.14. The van der Waals surface area contributed by atoms with E-state index in [2.05, 4.69) is 11.9 Å². The molecule has 20 heavy (non-hydrogen) atoms. The topological polar surface area (TPSA) is 161 Å². The third-order valence-electron chi connectivity index (χ3n) is 2.48. The number of rotatable bonds is 10. The largest absolute Gasteiger partial charge is 0.481 e. The van der Waals surface area contributed by atoms with Crippen LogP contribution in [0.5, 0.6) is 0 Å². The zero-order valence-electron chi connectivity index (χ0n) is 10.4. The van der Waals surface area contributed by atoms with Gasteiger partial charge >= 0.3 is 23.9 Å². The molecule has 0 saturated carbocycles. The maximum Gasteiger partial charge on any atom is 0.324 e. The van der Waals surface area contributed by atoms with Gasteiger partial charge in [-0.1, -0.05) is 6.08 Å². The molecule has 0 aromatic heterocycles. The summed E-state index contributed by atoms with van der Waals surface area (Å²) in [5, 5.41) is 37.5. The summed E-state index contributed by atoms with van der Waals surface area (Å²) in [5.74, 6) is -6.12. The highest BCUT2D eigenvalue weighted by Crippen LogP contribution is 2.19. The monoisotopic (exact) mass is 289 g/mol. The summed E-state index contributed by atoms with van der Waals surface area (Å²) in [6.07, 6.45) is -1.07. The quantitative estimate of drug-likeness (QED) is 0.330. The van der Waals surface area contributed by atoms with Gasteiger partial charge < -0.3 is 20.4 Å². The molecule has 0 spiro atoms. The lowest BCUT2D eigenvalue weighted by Crippen LogP contribution is -2.59. The molecule has 0 radical (unpaired) electrons. The van der Waals surface area contributed by atoms with Crippen LogP contribution in [0.25, 0.3) is 0 Å². The minimum Gasteiger partial charge on any atom is -0.481 e. The first-order valence-electron chi connectivity index (χ1n) is 5.43. The molecule has 0 fully saturated rings. The Morgan fingerprint density at radius 3 is 1.95 bits per heavy atom. The standard InChI is InChI=1S/C11H15NO8/c1-2-3-11(10(19)20,5-8(15)16)12-6(9(17)18)4-7(13)14/h2,6,12H,1,3-5H2,(H,13,14)(H,15,16)(H,17,18)(H,19,20). The molecule has 0 aromatic rings. The Kier molecular flexibility index (Phi) is 6.36. The summed E-state index contributed by atoms with van der Waals surface area (Å²) >= 11 is 0. The van der Waals surface area contributed by atoms with E-state index in [0.717, 1.165) is 6.08 Å². The van der Waals surface area contributed by atoms with Crippen LogP contribution >= 0.6 is 0 Å². The predicted octanol–water partition coefficient (Wildman–Crippen LogP) is -0.622. The van der Waals surface area contributed by atoms with E-state index in [9.17, 15) is 19.2 Å². The molecule has 0 aliphatic rings. The van der Waals surface area contributed by atoms with Gasteiger partial charge in [0.1, 0.15) is 11.6 Å². The second-order valence-corrected chi connectivity index (χ2v) is 4.08. The van der Waals surface area contributed by atoms with Crippen molar-refractivity contribution in [3.05, 3.63) is 12.7 Å². The summed E-state index contributed by atoms with van der Waals surface area (Å²) in [6, 6.07) is -1.73. The first-order valence-corrected chi connectivity index (χ1v) is 5.43. The molecule has 0 aromatic carbocycles. The molecule has 0 bridgehead atoms. The van der Waals surface area contributed by atoms with Crippen LogP contribution in [0.4, 0.5) is 0 Å². The van der Waals surface area contributed by atoms with E-state index in [4.69, 9.17) is 20.4 Å². The average molecular weight is 289 g/mol. The van der Waals surface area contributed by atoms with Crippen LogP contribution in [-0.2, 0) is 19.2 Å². The molecule has 2 unspecified atom stereocenters. The lowest BCUT2D eigenvalue weighted by Gasteiger charge is -2.30. The Morgan fingerprint density at radius 2 is 1.65 bits per heavy atom. The molecule has 0 aliphatic carbocycles.